The average Bonchev–Trinajstić information content (AvgIpc) is 4.02. The fraction of sp³-hybridized carbons (Fsp3) is 0.415. The molecule has 15 heteroatoms. The van der Waals surface area contributed by atoms with Gasteiger partial charge in [0.05, 0.1) is 50.1 Å². The Morgan fingerprint density at radius 3 is 2.11 bits per heavy atom. The average molecular weight is 767 g/mol. The van der Waals surface area contributed by atoms with E-state index in [9.17, 15) is 19.2 Å². The molecular weight excluding hydrogens is 716 g/mol. The molecule has 56 heavy (non-hydrogen) atoms. The zero-order chi connectivity index (χ0) is 39.4. The number of methoxy groups -OCH3 is 2. The van der Waals surface area contributed by atoms with Crippen LogP contribution in [0.15, 0.2) is 73.6 Å². The number of amides is 4. The number of hydrogen-bond acceptors (Lipinski definition) is 9. The van der Waals surface area contributed by atoms with Crippen LogP contribution in [-0.4, -0.2) is 94.9 Å². The summed E-state index contributed by atoms with van der Waals surface area (Å²) in [6.45, 7) is 5.39. The van der Waals surface area contributed by atoms with Crippen molar-refractivity contribution in [2.75, 3.05) is 34.0 Å². The van der Waals surface area contributed by atoms with Crippen LogP contribution in [0.2, 0.25) is 0 Å². The van der Waals surface area contributed by atoms with Gasteiger partial charge in [-0.3, -0.25) is 9.59 Å². The second kappa shape index (κ2) is 19.1. The SMILES string of the molecule is C=CC[C@@H](NC(=O)OC)C(=O)N1CCC[C@H]1c1ncc(-c2ccc(-c3ccc(-c4cnc([C@@H]5CCOCCCCC[C@H](NC(=O)OC)C(=O)N5)[nH]4)cc3)cc2)[nH]1. The Morgan fingerprint density at radius 1 is 0.839 bits per heavy atom. The molecule has 0 spiro atoms. The highest BCUT2D eigenvalue weighted by Gasteiger charge is 2.36. The second-order valence-electron chi connectivity index (χ2n) is 13.9. The predicted molar refractivity (Wildman–Crippen MR) is 209 cm³/mol. The molecule has 5 N–H and O–H groups in total. The Kier molecular flexibility index (Phi) is 13.5. The van der Waals surface area contributed by atoms with Crippen molar-refractivity contribution < 1.29 is 33.4 Å². The second-order valence-corrected chi connectivity index (χ2v) is 13.9. The third kappa shape index (κ3) is 9.82. The monoisotopic (exact) mass is 766 g/mol. The summed E-state index contributed by atoms with van der Waals surface area (Å²) < 4.78 is 15.3. The first-order valence-corrected chi connectivity index (χ1v) is 19.1. The van der Waals surface area contributed by atoms with Gasteiger partial charge >= 0.3 is 12.2 Å². The lowest BCUT2D eigenvalue weighted by Crippen LogP contribution is -2.48. The van der Waals surface area contributed by atoms with Crippen molar-refractivity contribution in [2.24, 2.45) is 0 Å². The molecule has 4 aromatic rings. The van der Waals surface area contributed by atoms with Gasteiger partial charge in [0.25, 0.3) is 0 Å². The maximum Gasteiger partial charge on any atom is 0.407 e. The summed E-state index contributed by atoms with van der Waals surface area (Å²) in [4.78, 5) is 68.4. The first kappa shape index (κ1) is 39.7. The highest BCUT2D eigenvalue weighted by atomic mass is 16.5. The van der Waals surface area contributed by atoms with E-state index < -0.39 is 30.3 Å². The van der Waals surface area contributed by atoms with Gasteiger partial charge in [-0.1, -0.05) is 67.4 Å². The van der Waals surface area contributed by atoms with E-state index in [1.165, 1.54) is 14.2 Å². The van der Waals surface area contributed by atoms with Crippen molar-refractivity contribution in [3.63, 3.8) is 0 Å². The van der Waals surface area contributed by atoms with Crippen LogP contribution in [0.25, 0.3) is 33.6 Å². The fourth-order valence-electron chi connectivity index (χ4n) is 7.15. The molecule has 2 aliphatic heterocycles. The van der Waals surface area contributed by atoms with E-state index in [0.717, 1.165) is 65.7 Å². The van der Waals surface area contributed by atoms with E-state index in [2.05, 4.69) is 54.6 Å². The number of carbonyl (C=O) groups is 4. The number of rotatable bonds is 10. The predicted octanol–water partition coefficient (Wildman–Crippen LogP) is 5.96. The minimum atomic E-state index is -0.763. The summed E-state index contributed by atoms with van der Waals surface area (Å²) in [6, 6.07) is 14.2. The summed E-state index contributed by atoms with van der Waals surface area (Å²) in [5, 5.41) is 8.34. The van der Waals surface area contributed by atoms with E-state index in [1.807, 2.05) is 36.4 Å². The lowest BCUT2D eigenvalue weighted by Gasteiger charge is -2.27. The molecule has 0 unspecified atom stereocenters. The number of nitrogens with one attached hydrogen (secondary N) is 5. The highest BCUT2D eigenvalue weighted by Crippen LogP contribution is 2.33. The summed E-state index contributed by atoms with van der Waals surface area (Å²) in [6.07, 6.45) is 9.28. The molecule has 2 aromatic heterocycles. The Balaban J connectivity index is 1.10. The number of aromatic nitrogens is 4. The third-order valence-electron chi connectivity index (χ3n) is 10.2. The fourth-order valence-corrected chi connectivity index (χ4v) is 7.15. The quantitative estimate of drug-likeness (QED) is 0.121. The summed E-state index contributed by atoms with van der Waals surface area (Å²) >= 11 is 0. The number of imidazole rings is 2. The van der Waals surface area contributed by atoms with E-state index in [0.29, 0.717) is 44.2 Å². The Morgan fingerprint density at radius 2 is 1.46 bits per heavy atom. The number of aromatic amines is 2. The Labute approximate surface area is 326 Å². The van der Waals surface area contributed by atoms with Gasteiger partial charge < -0.3 is 45.0 Å². The lowest BCUT2D eigenvalue weighted by atomic mass is 10.0. The highest BCUT2D eigenvalue weighted by molar-refractivity contribution is 5.87. The van der Waals surface area contributed by atoms with Crippen molar-refractivity contribution in [2.45, 2.75) is 75.5 Å². The molecule has 2 fully saturated rings. The third-order valence-corrected chi connectivity index (χ3v) is 10.2. The molecule has 2 aliphatic rings. The van der Waals surface area contributed by atoms with Gasteiger partial charge in [0.15, 0.2) is 0 Å². The summed E-state index contributed by atoms with van der Waals surface area (Å²) in [5.41, 5.74) is 5.61. The van der Waals surface area contributed by atoms with E-state index >= 15 is 0 Å². The van der Waals surface area contributed by atoms with Crippen LogP contribution >= 0.6 is 0 Å². The molecule has 4 atom stereocenters. The molecular formula is C41H50N8O7. The van der Waals surface area contributed by atoms with Crippen LogP contribution in [0, 0.1) is 0 Å². The number of ether oxygens (including phenoxy) is 3. The summed E-state index contributed by atoms with van der Waals surface area (Å²) in [7, 11) is 2.55. The lowest BCUT2D eigenvalue weighted by molar-refractivity contribution is -0.134. The van der Waals surface area contributed by atoms with Crippen LogP contribution in [0.4, 0.5) is 9.59 Å². The van der Waals surface area contributed by atoms with E-state index in [1.54, 1.807) is 23.4 Å². The number of alkyl carbamates (subject to hydrolysis) is 2. The van der Waals surface area contributed by atoms with Crippen molar-refractivity contribution in [1.82, 2.24) is 40.8 Å². The molecule has 2 aromatic carbocycles. The van der Waals surface area contributed by atoms with Gasteiger partial charge in [0.1, 0.15) is 23.7 Å². The van der Waals surface area contributed by atoms with Crippen LogP contribution in [0.3, 0.4) is 0 Å². The number of benzene rings is 2. The molecule has 0 radical (unpaired) electrons. The molecule has 0 bridgehead atoms. The largest absolute Gasteiger partial charge is 0.453 e. The van der Waals surface area contributed by atoms with Gasteiger partial charge in [0.2, 0.25) is 11.8 Å². The molecule has 4 heterocycles. The van der Waals surface area contributed by atoms with E-state index in [-0.39, 0.29) is 24.3 Å². The zero-order valence-corrected chi connectivity index (χ0v) is 31.8. The molecule has 296 valence electrons. The van der Waals surface area contributed by atoms with Gasteiger partial charge in [-0.05, 0) is 60.8 Å². The van der Waals surface area contributed by atoms with Crippen LogP contribution in [0.5, 0.6) is 0 Å². The minimum Gasteiger partial charge on any atom is -0.453 e. The van der Waals surface area contributed by atoms with Crippen molar-refractivity contribution >= 4 is 24.0 Å². The van der Waals surface area contributed by atoms with Crippen molar-refractivity contribution in [1.29, 1.82) is 0 Å². The number of likely N-dealkylation sites (tertiary alicyclic amines) is 1. The number of H-pyrrole nitrogens is 2. The molecule has 4 amide bonds. The van der Waals surface area contributed by atoms with Gasteiger partial charge in [-0.25, -0.2) is 19.6 Å². The van der Waals surface area contributed by atoms with Crippen LogP contribution in [0.1, 0.15) is 75.1 Å². The van der Waals surface area contributed by atoms with Gasteiger partial charge in [-0.2, -0.15) is 0 Å². The minimum absolute atomic E-state index is 0.196. The van der Waals surface area contributed by atoms with Crippen molar-refractivity contribution in [3.05, 3.63) is 85.2 Å². The van der Waals surface area contributed by atoms with Crippen LogP contribution in [-0.2, 0) is 23.8 Å². The number of nitrogens with zero attached hydrogens (tertiary/aromatic N) is 3. The Hall–Kier alpha value is -5.96. The molecule has 2 saturated heterocycles. The molecule has 6 rings (SSSR count). The number of carbonyl (C=O) groups excluding carboxylic acids is 4. The molecule has 15 nitrogen and oxygen atoms in total. The van der Waals surface area contributed by atoms with E-state index in [4.69, 9.17) is 14.2 Å². The molecule has 0 saturated carbocycles. The maximum absolute atomic E-state index is 13.4. The topological polar surface area (TPSA) is 193 Å². The smallest absolute Gasteiger partial charge is 0.407 e. The normalized spacial score (nSPS) is 19.8. The zero-order valence-electron chi connectivity index (χ0n) is 31.8. The van der Waals surface area contributed by atoms with Crippen LogP contribution < -0.4 is 16.0 Å². The first-order chi connectivity index (χ1) is 27.3. The maximum atomic E-state index is 13.4. The first-order valence-electron chi connectivity index (χ1n) is 19.1. The molecule has 0 aliphatic carbocycles. The van der Waals surface area contributed by atoms with Gasteiger partial charge in [0, 0.05) is 19.8 Å². The number of hydrogen-bond donors (Lipinski definition) is 5. The van der Waals surface area contributed by atoms with Gasteiger partial charge in [-0.15, -0.1) is 6.58 Å². The van der Waals surface area contributed by atoms with Crippen molar-refractivity contribution in [3.8, 4) is 33.6 Å². The summed E-state index contributed by atoms with van der Waals surface area (Å²) in [5.74, 6) is 0.814. The Bertz CT molecular complexity index is 1960. The standard InChI is InChI=1S/C41H50N8O7/c1-4-9-32(48-41(53)55-3)39(51)49-21-8-11-35(49)37-43-25-34(45-37)29-18-14-27(15-19-29)26-12-16-28(17-13-26)33-24-42-36(44-33)30-20-23-56-22-7-5-6-10-31(38(50)46-30)47-40(52)54-2/h4,12-19,24-25,30-32,35H,1,5-11,20-23H2,2-3H3,(H,42,44)(H,43,45)(H,46,50)(H,47,52)(H,48,53)/t30-,31-,32+,35-/m0/s1.